The maximum atomic E-state index is 10.00. The first-order chi connectivity index (χ1) is 15.4. The molecule has 0 bridgehead atoms. The first-order valence-corrected chi connectivity index (χ1v) is 11.7. The molecule has 0 radical (unpaired) electrons. The van der Waals surface area contributed by atoms with Crippen LogP contribution in [0.25, 0.3) is 0 Å². The summed E-state index contributed by atoms with van der Waals surface area (Å²) in [5.74, 6) is 0.983. The number of hydrogen-bond donors (Lipinski definition) is 3. The van der Waals surface area contributed by atoms with E-state index in [4.69, 9.17) is 23.1 Å². The molecule has 11 heteroatoms. The largest absolute Gasteiger partial charge is 0.390 e. The third-order valence-corrected chi connectivity index (χ3v) is 8.11. The minimum atomic E-state index is -0.198. The lowest BCUT2D eigenvalue weighted by atomic mass is 9.73. The SMILES string of the molecule is Cn1ncc2c1C1(CCN(c3ncc(Sc4ccnc(N)c4Cl)nc3CO)CC1)[C@H](N)C2. The Bertz CT molecular complexity index is 1160. The van der Waals surface area contributed by atoms with Gasteiger partial charge < -0.3 is 21.5 Å². The number of anilines is 2. The third-order valence-electron chi connectivity index (χ3n) is 6.64. The van der Waals surface area contributed by atoms with Crippen LogP contribution in [0.3, 0.4) is 0 Å². The van der Waals surface area contributed by atoms with E-state index in [2.05, 4.69) is 25.0 Å². The number of aromatic nitrogens is 5. The van der Waals surface area contributed by atoms with Crippen LogP contribution in [0.2, 0.25) is 5.02 Å². The number of nitrogens with zero attached hydrogens (tertiary/aromatic N) is 6. The van der Waals surface area contributed by atoms with Gasteiger partial charge in [0, 0.05) is 48.4 Å². The highest BCUT2D eigenvalue weighted by atomic mass is 35.5. The summed E-state index contributed by atoms with van der Waals surface area (Å²) in [4.78, 5) is 16.2. The molecule has 32 heavy (non-hydrogen) atoms. The molecular weight excluding hydrogens is 448 g/mol. The molecule has 0 amide bonds. The summed E-state index contributed by atoms with van der Waals surface area (Å²) in [5.41, 5.74) is 15.4. The van der Waals surface area contributed by atoms with Gasteiger partial charge in [0.1, 0.15) is 16.5 Å². The van der Waals surface area contributed by atoms with Crippen LogP contribution >= 0.6 is 23.4 Å². The van der Waals surface area contributed by atoms with E-state index < -0.39 is 0 Å². The smallest absolute Gasteiger partial charge is 0.152 e. The Kier molecular flexibility index (Phi) is 5.48. The Morgan fingerprint density at radius 2 is 2.06 bits per heavy atom. The normalized spacial score (nSPS) is 19.5. The van der Waals surface area contributed by atoms with Gasteiger partial charge in [-0.05, 0) is 30.9 Å². The van der Waals surface area contributed by atoms with Crippen molar-refractivity contribution in [2.45, 2.75) is 47.2 Å². The average Bonchev–Trinajstić information content (AvgIpc) is 3.29. The van der Waals surface area contributed by atoms with Crippen LogP contribution in [-0.2, 0) is 25.5 Å². The summed E-state index contributed by atoms with van der Waals surface area (Å²) in [7, 11) is 2.00. The van der Waals surface area contributed by atoms with Gasteiger partial charge in [-0.2, -0.15) is 5.10 Å². The zero-order valence-corrected chi connectivity index (χ0v) is 19.3. The number of piperidine rings is 1. The van der Waals surface area contributed by atoms with Crippen molar-refractivity contribution in [2.75, 3.05) is 23.7 Å². The number of aliphatic hydroxyl groups excluding tert-OH is 1. The second-order valence-corrected chi connectivity index (χ2v) is 9.78. The molecule has 3 aromatic heterocycles. The van der Waals surface area contributed by atoms with Gasteiger partial charge in [-0.3, -0.25) is 4.68 Å². The maximum absolute atomic E-state index is 10.00. The standard InChI is InChI=1S/C21H25ClN8OS/c1-29-18-12(9-27-29)8-15(23)21(18)3-6-30(7-4-21)20-13(11-31)28-16(10-26-20)32-14-2-5-25-19(24)17(14)22/h2,5,9-10,15,31H,3-4,6-8,11,23H2,1H3,(H2,24,25)/t15-/m1/s1. The van der Waals surface area contributed by atoms with Crippen molar-refractivity contribution in [3.63, 3.8) is 0 Å². The summed E-state index contributed by atoms with van der Waals surface area (Å²) in [6.07, 6.45) is 7.95. The minimum Gasteiger partial charge on any atom is -0.390 e. The van der Waals surface area contributed by atoms with Crippen molar-refractivity contribution >= 4 is 35.0 Å². The quantitative estimate of drug-likeness (QED) is 0.520. The van der Waals surface area contributed by atoms with Gasteiger partial charge in [-0.1, -0.05) is 23.4 Å². The molecule has 1 aliphatic heterocycles. The number of nitrogens with two attached hydrogens (primary N) is 2. The van der Waals surface area contributed by atoms with Crippen molar-refractivity contribution in [3.05, 3.63) is 46.6 Å². The highest BCUT2D eigenvalue weighted by molar-refractivity contribution is 7.99. The number of nitrogen functional groups attached to an aromatic ring is 1. The lowest BCUT2D eigenvalue weighted by Gasteiger charge is -2.43. The lowest BCUT2D eigenvalue weighted by molar-refractivity contribution is 0.267. The van der Waals surface area contributed by atoms with Crippen LogP contribution in [0.1, 0.15) is 29.8 Å². The molecule has 4 heterocycles. The molecule has 0 saturated carbocycles. The molecule has 2 aliphatic rings. The number of pyridine rings is 1. The monoisotopic (exact) mass is 472 g/mol. The average molecular weight is 473 g/mol. The number of fused-ring (bicyclic) bond motifs is 2. The molecule has 3 aromatic rings. The molecular formula is C21H25ClN8OS. The number of rotatable bonds is 4. The number of hydrogen-bond acceptors (Lipinski definition) is 9. The minimum absolute atomic E-state index is 0.0578. The van der Waals surface area contributed by atoms with Gasteiger partial charge in [-0.25, -0.2) is 15.0 Å². The van der Waals surface area contributed by atoms with Gasteiger partial charge in [0.2, 0.25) is 0 Å². The fourth-order valence-electron chi connectivity index (χ4n) is 5.06. The van der Waals surface area contributed by atoms with Gasteiger partial charge >= 0.3 is 0 Å². The fraction of sp³-hybridized carbons (Fsp3) is 0.429. The molecule has 0 unspecified atom stereocenters. The fourth-order valence-corrected chi connectivity index (χ4v) is 6.10. The molecule has 5 rings (SSSR count). The highest BCUT2D eigenvalue weighted by Crippen LogP contribution is 2.46. The first kappa shape index (κ1) is 21.4. The van der Waals surface area contributed by atoms with Crippen LogP contribution in [0, 0.1) is 0 Å². The van der Waals surface area contributed by atoms with E-state index in [0.29, 0.717) is 21.6 Å². The van der Waals surface area contributed by atoms with Gasteiger partial charge in [0.05, 0.1) is 24.0 Å². The predicted molar refractivity (Wildman–Crippen MR) is 124 cm³/mol. The van der Waals surface area contributed by atoms with Crippen LogP contribution in [0.5, 0.6) is 0 Å². The molecule has 168 valence electrons. The Balaban J connectivity index is 1.36. The zero-order chi connectivity index (χ0) is 22.5. The van der Waals surface area contributed by atoms with Gasteiger partial charge in [0.15, 0.2) is 5.82 Å². The van der Waals surface area contributed by atoms with Crippen molar-refractivity contribution in [3.8, 4) is 0 Å². The Labute approximate surface area is 195 Å². The molecule has 1 spiro atoms. The van der Waals surface area contributed by atoms with Crippen molar-refractivity contribution in [1.29, 1.82) is 0 Å². The van der Waals surface area contributed by atoms with Crippen molar-refractivity contribution in [1.82, 2.24) is 24.7 Å². The molecule has 1 aliphatic carbocycles. The molecule has 1 fully saturated rings. The van der Waals surface area contributed by atoms with E-state index in [1.54, 1.807) is 18.5 Å². The van der Waals surface area contributed by atoms with Gasteiger partial charge in [0.25, 0.3) is 0 Å². The van der Waals surface area contributed by atoms with Crippen LogP contribution in [-0.4, -0.2) is 49.0 Å². The highest BCUT2D eigenvalue weighted by Gasteiger charge is 2.49. The number of aliphatic hydroxyl groups is 1. The van der Waals surface area contributed by atoms with E-state index in [0.717, 1.165) is 37.2 Å². The number of aryl methyl sites for hydroxylation is 1. The summed E-state index contributed by atoms with van der Waals surface area (Å²) in [6.45, 7) is 1.38. The predicted octanol–water partition coefficient (Wildman–Crippen LogP) is 1.91. The van der Waals surface area contributed by atoms with E-state index in [1.165, 1.54) is 23.0 Å². The van der Waals surface area contributed by atoms with E-state index in [-0.39, 0.29) is 23.9 Å². The van der Waals surface area contributed by atoms with Crippen LogP contribution < -0.4 is 16.4 Å². The van der Waals surface area contributed by atoms with Crippen molar-refractivity contribution in [2.24, 2.45) is 12.8 Å². The van der Waals surface area contributed by atoms with Crippen molar-refractivity contribution < 1.29 is 5.11 Å². The van der Waals surface area contributed by atoms with Crippen LogP contribution in [0.4, 0.5) is 11.6 Å². The van der Waals surface area contributed by atoms with E-state index >= 15 is 0 Å². The second kappa shape index (κ2) is 8.18. The lowest BCUT2D eigenvalue weighted by Crippen LogP contribution is -2.51. The molecule has 1 atom stereocenters. The molecule has 5 N–H and O–H groups in total. The first-order valence-electron chi connectivity index (χ1n) is 10.5. The zero-order valence-electron chi connectivity index (χ0n) is 17.7. The number of halogens is 1. The third kappa shape index (κ3) is 3.42. The summed E-state index contributed by atoms with van der Waals surface area (Å²) < 4.78 is 1.99. The van der Waals surface area contributed by atoms with Crippen LogP contribution in [0.15, 0.2) is 34.6 Å². The summed E-state index contributed by atoms with van der Waals surface area (Å²) >= 11 is 7.59. The maximum Gasteiger partial charge on any atom is 0.152 e. The summed E-state index contributed by atoms with van der Waals surface area (Å²) in [5, 5.41) is 15.5. The van der Waals surface area contributed by atoms with E-state index in [9.17, 15) is 5.11 Å². The second-order valence-electron chi connectivity index (χ2n) is 8.34. The molecule has 1 saturated heterocycles. The topological polar surface area (TPSA) is 132 Å². The molecule has 9 nitrogen and oxygen atoms in total. The Hall–Kier alpha value is -2.40. The van der Waals surface area contributed by atoms with E-state index in [1.807, 2.05) is 17.9 Å². The Morgan fingerprint density at radius 3 is 2.81 bits per heavy atom. The Morgan fingerprint density at radius 1 is 1.28 bits per heavy atom. The summed E-state index contributed by atoms with van der Waals surface area (Å²) in [6, 6.07) is 1.88. The molecule has 0 aromatic carbocycles. The van der Waals surface area contributed by atoms with Gasteiger partial charge in [-0.15, -0.1) is 0 Å².